The van der Waals surface area contributed by atoms with Crippen molar-refractivity contribution in [2.75, 3.05) is 11.3 Å². The molecule has 3 aromatic rings. The number of nitrogens with zero attached hydrogens (tertiary/aromatic N) is 1. The van der Waals surface area contributed by atoms with Crippen molar-refractivity contribution in [2.24, 2.45) is 0 Å². The molecule has 0 radical (unpaired) electrons. The largest absolute Gasteiger partial charge is 0.280 e. The highest BCUT2D eigenvalue weighted by Gasteiger charge is 2.29. The normalized spacial score (nSPS) is 14.7. The molecule has 0 aromatic heterocycles. The van der Waals surface area contributed by atoms with Gasteiger partial charge in [0.15, 0.2) is 0 Å². The van der Waals surface area contributed by atoms with Gasteiger partial charge in [-0.15, -0.1) is 0 Å². The zero-order chi connectivity index (χ0) is 23.1. The zero-order valence-electron chi connectivity index (χ0n) is 16.4. The minimum Gasteiger partial charge on any atom is -0.280 e. The predicted octanol–water partition coefficient (Wildman–Crippen LogP) is 4.17. The van der Waals surface area contributed by atoms with Crippen molar-refractivity contribution in [1.29, 1.82) is 0 Å². The van der Waals surface area contributed by atoms with E-state index in [1.807, 2.05) is 0 Å². The van der Waals surface area contributed by atoms with Crippen LogP contribution in [0.25, 0.3) is 0 Å². The Hall–Kier alpha value is -2.53. The molecule has 0 unspecified atom stereocenters. The second-order valence-corrected chi connectivity index (χ2v) is 11.2. The fraction of sp³-hybridized carbons (Fsp3) is 0.143. The van der Waals surface area contributed by atoms with E-state index in [2.05, 4.69) is 4.72 Å². The van der Waals surface area contributed by atoms with Crippen LogP contribution in [0.15, 0.2) is 70.5 Å². The van der Waals surface area contributed by atoms with E-state index in [4.69, 9.17) is 11.6 Å². The van der Waals surface area contributed by atoms with Gasteiger partial charge in [0.05, 0.1) is 4.90 Å². The van der Waals surface area contributed by atoms with E-state index in [1.54, 1.807) is 6.07 Å². The fourth-order valence-electron chi connectivity index (χ4n) is 3.45. The topological polar surface area (TPSA) is 83.6 Å². The Morgan fingerprint density at radius 2 is 1.59 bits per heavy atom. The smallest absolute Gasteiger partial charge is 0.264 e. The number of anilines is 1. The van der Waals surface area contributed by atoms with E-state index < -0.39 is 36.6 Å². The molecule has 0 bridgehead atoms. The molecule has 4 rings (SSSR count). The highest BCUT2D eigenvalue weighted by Crippen LogP contribution is 2.29. The van der Waals surface area contributed by atoms with Crippen molar-refractivity contribution in [3.8, 4) is 0 Å². The third-order valence-corrected chi connectivity index (χ3v) is 8.58. The molecule has 0 atom stereocenters. The highest BCUT2D eigenvalue weighted by atomic mass is 35.5. The number of rotatable bonds is 5. The second-order valence-electron chi connectivity index (χ2n) is 7.21. The van der Waals surface area contributed by atoms with Gasteiger partial charge in [-0.3, -0.25) is 4.72 Å². The zero-order valence-corrected chi connectivity index (χ0v) is 18.8. The second kappa shape index (κ2) is 8.43. The molecule has 0 fully saturated rings. The molecule has 0 saturated heterocycles. The molecule has 32 heavy (non-hydrogen) atoms. The lowest BCUT2D eigenvalue weighted by Gasteiger charge is -2.28. The van der Waals surface area contributed by atoms with Gasteiger partial charge in [-0.05, 0) is 72.1 Å². The Bertz CT molecular complexity index is 1400. The predicted molar refractivity (Wildman–Crippen MR) is 116 cm³/mol. The highest BCUT2D eigenvalue weighted by molar-refractivity contribution is 7.92. The summed E-state index contributed by atoms with van der Waals surface area (Å²) in [5.74, 6) is -1.97. The van der Waals surface area contributed by atoms with Crippen LogP contribution in [0.3, 0.4) is 0 Å². The molecule has 0 amide bonds. The molecule has 6 nitrogen and oxygen atoms in total. The summed E-state index contributed by atoms with van der Waals surface area (Å²) in [5, 5.41) is 0.416. The van der Waals surface area contributed by atoms with Gasteiger partial charge in [-0.1, -0.05) is 17.7 Å². The van der Waals surface area contributed by atoms with Gasteiger partial charge in [0.25, 0.3) is 10.0 Å². The van der Waals surface area contributed by atoms with Crippen molar-refractivity contribution in [1.82, 2.24) is 4.31 Å². The molecule has 3 aromatic carbocycles. The monoisotopic (exact) mass is 498 g/mol. The minimum atomic E-state index is -4.39. The molecule has 0 spiro atoms. The van der Waals surface area contributed by atoms with Crippen LogP contribution >= 0.6 is 11.6 Å². The van der Waals surface area contributed by atoms with Crippen molar-refractivity contribution in [3.63, 3.8) is 0 Å². The summed E-state index contributed by atoms with van der Waals surface area (Å²) in [5.41, 5.74) is 1.58. The molecule has 1 heterocycles. The summed E-state index contributed by atoms with van der Waals surface area (Å²) in [7, 11) is -8.17. The summed E-state index contributed by atoms with van der Waals surface area (Å²) in [4.78, 5) is -0.717. The first-order chi connectivity index (χ1) is 15.1. The Labute approximate surface area is 189 Å². The number of fused-ring (bicyclic) bond motifs is 1. The van der Waals surface area contributed by atoms with Gasteiger partial charge < -0.3 is 0 Å². The summed E-state index contributed by atoms with van der Waals surface area (Å²) < 4.78 is 81.9. The molecule has 168 valence electrons. The van der Waals surface area contributed by atoms with Gasteiger partial charge in [-0.2, -0.15) is 4.31 Å². The van der Waals surface area contributed by atoms with Gasteiger partial charge >= 0.3 is 0 Å². The first-order valence-electron chi connectivity index (χ1n) is 9.42. The van der Waals surface area contributed by atoms with Gasteiger partial charge in [0.1, 0.15) is 16.5 Å². The molecule has 11 heteroatoms. The standard InChI is InChI=1S/C21H17ClF2N2O4S2/c22-16-2-6-19(7-3-16)32(29,30)26-10-9-14-1-5-18(11-15(14)13-26)25-31(27,28)21-12-17(23)4-8-20(21)24/h1-8,11-12,25H,9-10,13H2. The van der Waals surface area contributed by atoms with Crippen molar-refractivity contribution < 1.29 is 25.6 Å². The van der Waals surface area contributed by atoms with Crippen molar-refractivity contribution in [3.05, 3.63) is 88.4 Å². The van der Waals surface area contributed by atoms with Gasteiger partial charge in [0.2, 0.25) is 10.0 Å². The van der Waals surface area contributed by atoms with Crippen LogP contribution in [0.4, 0.5) is 14.5 Å². The number of sulfonamides is 2. The summed E-state index contributed by atoms with van der Waals surface area (Å²) in [6, 6.07) is 12.6. The lowest BCUT2D eigenvalue weighted by molar-refractivity contribution is 0.391. The Morgan fingerprint density at radius 1 is 0.875 bits per heavy atom. The maximum absolute atomic E-state index is 13.9. The van der Waals surface area contributed by atoms with Crippen molar-refractivity contribution >= 4 is 37.3 Å². The molecule has 1 aliphatic heterocycles. The van der Waals surface area contributed by atoms with Crippen LogP contribution < -0.4 is 4.72 Å². The Kier molecular flexibility index (Phi) is 5.97. The molecular weight excluding hydrogens is 482 g/mol. The third kappa shape index (κ3) is 4.49. The van der Waals surface area contributed by atoms with E-state index in [9.17, 15) is 25.6 Å². The summed E-state index contributed by atoms with van der Waals surface area (Å²) in [6.45, 7) is 0.293. The summed E-state index contributed by atoms with van der Waals surface area (Å²) in [6.07, 6.45) is 0.438. The van der Waals surface area contributed by atoms with Gasteiger partial charge in [0, 0.05) is 23.8 Å². The lowest BCUT2D eigenvalue weighted by Crippen LogP contribution is -2.36. The number of hydrogen-bond donors (Lipinski definition) is 1. The SMILES string of the molecule is O=S(=O)(Nc1ccc2c(c1)CN(S(=O)(=O)c1ccc(Cl)cc1)CC2)c1cc(F)ccc1F. The van der Waals surface area contributed by atoms with Crippen LogP contribution in [0, 0.1) is 11.6 Å². The van der Waals surface area contributed by atoms with Gasteiger partial charge in [-0.25, -0.2) is 25.6 Å². The first kappa shape index (κ1) is 22.7. The third-order valence-electron chi connectivity index (χ3n) is 5.07. The molecular formula is C21H17ClF2N2O4S2. The van der Waals surface area contributed by atoms with E-state index in [-0.39, 0.29) is 23.7 Å². The molecule has 0 saturated carbocycles. The van der Waals surface area contributed by atoms with Crippen molar-refractivity contribution in [2.45, 2.75) is 22.8 Å². The molecule has 0 aliphatic carbocycles. The fourth-order valence-corrected chi connectivity index (χ4v) is 6.13. The summed E-state index contributed by atoms with van der Waals surface area (Å²) >= 11 is 5.84. The Balaban J connectivity index is 1.60. The lowest BCUT2D eigenvalue weighted by atomic mass is 10.0. The van der Waals surface area contributed by atoms with Crippen LogP contribution in [-0.2, 0) is 33.0 Å². The number of halogens is 3. The van der Waals surface area contributed by atoms with E-state index in [0.29, 0.717) is 23.1 Å². The number of nitrogens with one attached hydrogen (secondary N) is 1. The maximum Gasteiger partial charge on any atom is 0.264 e. The number of hydrogen-bond acceptors (Lipinski definition) is 4. The minimum absolute atomic E-state index is 0.0319. The molecule has 1 N–H and O–H groups in total. The Morgan fingerprint density at radius 3 is 2.31 bits per heavy atom. The van der Waals surface area contributed by atoms with Crippen LogP contribution in [0.2, 0.25) is 5.02 Å². The van der Waals surface area contributed by atoms with E-state index in [0.717, 1.165) is 17.7 Å². The average Bonchev–Trinajstić information content (AvgIpc) is 2.75. The first-order valence-corrected chi connectivity index (χ1v) is 12.7. The van der Waals surface area contributed by atoms with Crippen LogP contribution in [0.5, 0.6) is 0 Å². The van der Waals surface area contributed by atoms with Crippen LogP contribution in [0.1, 0.15) is 11.1 Å². The average molecular weight is 499 g/mol. The van der Waals surface area contributed by atoms with Crippen LogP contribution in [-0.4, -0.2) is 27.7 Å². The number of benzene rings is 3. The maximum atomic E-state index is 13.9. The van der Waals surface area contributed by atoms with E-state index >= 15 is 0 Å². The molecule has 1 aliphatic rings. The van der Waals surface area contributed by atoms with E-state index in [1.165, 1.54) is 40.7 Å². The quantitative estimate of drug-likeness (QED) is 0.572.